The van der Waals surface area contributed by atoms with E-state index in [2.05, 4.69) is 23.5 Å². The number of carbonyl (C=O) groups excluding carboxylic acids is 1. The van der Waals surface area contributed by atoms with Crippen molar-refractivity contribution in [2.24, 2.45) is 0 Å². The number of pyridine rings is 1. The van der Waals surface area contributed by atoms with Gasteiger partial charge >= 0.3 is 0 Å². The zero-order chi connectivity index (χ0) is 12.0. The lowest BCUT2D eigenvalue weighted by atomic mass is 10.3. The second-order valence-electron chi connectivity index (χ2n) is 3.44. The highest BCUT2D eigenvalue weighted by atomic mass is 35.5. The van der Waals surface area contributed by atoms with E-state index in [0.717, 1.165) is 6.42 Å². The van der Waals surface area contributed by atoms with Gasteiger partial charge in [0.05, 0.1) is 0 Å². The van der Waals surface area contributed by atoms with Crippen molar-refractivity contribution in [3.8, 4) is 0 Å². The highest BCUT2D eigenvalue weighted by molar-refractivity contribution is 7.99. The van der Waals surface area contributed by atoms with E-state index in [1.807, 2.05) is 0 Å². The van der Waals surface area contributed by atoms with Crippen LogP contribution in [0, 0.1) is 0 Å². The summed E-state index contributed by atoms with van der Waals surface area (Å²) in [6.45, 7) is 2.80. The van der Waals surface area contributed by atoms with Crippen LogP contribution in [0.25, 0.3) is 0 Å². The molecule has 3 nitrogen and oxygen atoms in total. The SMILES string of the molecule is CSC(C)CCNC(=O)c1cccc(Cl)n1. The minimum Gasteiger partial charge on any atom is -0.351 e. The number of carbonyl (C=O) groups is 1. The summed E-state index contributed by atoms with van der Waals surface area (Å²) in [7, 11) is 0. The van der Waals surface area contributed by atoms with E-state index in [4.69, 9.17) is 11.6 Å². The van der Waals surface area contributed by atoms with Crippen LogP contribution in [0.2, 0.25) is 5.15 Å². The molecule has 0 spiro atoms. The smallest absolute Gasteiger partial charge is 0.269 e. The molecule has 0 aliphatic heterocycles. The Morgan fingerprint density at radius 2 is 2.38 bits per heavy atom. The first-order chi connectivity index (χ1) is 7.63. The molecule has 0 fully saturated rings. The van der Waals surface area contributed by atoms with Gasteiger partial charge in [-0.3, -0.25) is 4.79 Å². The Kier molecular flexibility index (Phi) is 5.63. The van der Waals surface area contributed by atoms with Gasteiger partial charge in [-0.2, -0.15) is 11.8 Å². The van der Waals surface area contributed by atoms with Crippen LogP contribution in [0.5, 0.6) is 0 Å². The van der Waals surface area contributed by atoms with Gasteiger partial charge in [0.1, 0.15) is 10.8 Å². The normalized spacial score (nSPS) is 12.2. The summed E-state index contributed by atoms with van der Waals surface area (Å²) in [5.41, 5.74) is 0.365. The predicted octanol–water partition coefficient (Wildman–Crippen LogP) is 2.61. The van der Waals surface area contributed by atoms with E-state index in [9.17, 15) is 4.79 Å². The van der Waals surface area contributed by atoms with Gasteiger partial charge in [-0.25, -0.2) is 4.98 Å². The maximum atomic E-state index is 11.6. The Balaban J connectivity index is 2.41. The summed E-state index contributed by atoms with van der Waals surface area (Å²) < 4.78 is 0. The van der Waals surface area contributed by atoms with Crippen LogP contribution in [0.15, 0.2) is 18.2 Å². The molecule has 0 bridgehead atoms. The summed E-state index contributed by atoms with van der Waals surface area (Å²) in [4.78, 5) is 15.6. The molecule has 0 aliphatic rings. The van der Waals surface area contributed by atoms with Crippen LogP contribution in [0.3, 0.4) is 0 Å². The third-order valence-corrected chi connectivity index (χ3v) is 3.44. The number of aromatic nitrogens is 1. The molecule has 16 heavy (non-hydrogen) atoms. The monoisotopic (exact) mass is 258 g/mol. The number of nitrogens with zero attached hydrogens (tertiary/aromatic N) is 1. The fraction of sp³-hybridized carbons (Fsp3) is 0.455. The number of nitrogens with one attached hydrogen (secondary N) is 1. The molecule has 0 aromatic carbocycles. The van der Waals surface area contributed by atoms with Crippen molar-refractivity contribution in [1.29, 1.82) is 0 Å². The number of thioether (sulfide) groups is 1. The van der Waals surface area contributed by atoms with Crippen molar-refractivity contribution in [3.63, 3.8) is 0 Å². The molecular weight excluding hydrogens is 244 g/mol. The number of hydrogen-bond acceptors (Lipinski definition) is 3. The van der Waals surface area contributed by atoms with Crippen molar-refractivity contribution in [3.05, 3.63) is 29.0 Å². The van der Waals surface area contributed by atoms with Crippen molar-refractivity contribution < 1.29 is 4.79 Å². The molecule has 1 amide bonds. The number of halogens is 1. The fourth-order valence-corrected chi connectivity index (χ4v) is 1.65. The highest BCUT2D eigenvalue weighted by Gasteiger charge is 2.07. The third kappa shape index (κ3) is 4.41. The zero-order valence-electron chi connectivity index (χ0n) is 9.37. The summed E-state index contributed by atoms with van der Waals surface area (Å²) in [5.74, 6) is -0.171. The quantitative estimate of drug-likeness (QED) is 0.826. The number of amides is 1. The number of hydrogen-bond donors (Lipinski definition) is 1. The van der Waals surface area contributed by atoms with Crippen LogP contribution in [-0.4, -0.2) is 28.9 Å². The molecule has 0 aliphatic carbocycles. The molecule has 0 saturated heterocycles. The van der Waals surface area contributed by atoms with E-state index < -0.39 is 0 Å². The van der Waals surface area contributed by atoms with Gasteiger partial charge in [-0.15, -0.1) is 0 Å². The Labute approximate surface area is 105 Å². The largest absolute Gasteiger partial charge is 0.351 e. The van der Waals surface area contributed by atoms with Crippen LogP contribution in [-0.2, 0) is 0 Å². The van der Waals surface area contributed by atoms with Crippen molar-refractivity contribution >= 4 is 29.3 Å². The van der Waals surface area contributed by atoms with Crippen LogP contribution in [0.4, 0.5) is 0 Å². The molecule has 0 saturated carbocycles. The van der Waals surface area contributed by atoms with Gasteiger partial charge in [0.15, 0.2) is 0 Å². The van der Waals surface area contributed by atoms with Gasteiger partial charge in [0, 0.05) is 11.8 Å². The third-order valence-electron chi connectivity index (χ3n) is 2.19. The lowest BCUT2D eigenvalue weighted by Gasteiger charge is -2.08. The topological polar surface area (TPSA) is 42.0 Å². The molecule has 1 N–H and O–H groups in total. The van der Waals surface area contributed by atoms with Crippen molar-refractivity contribution in [2.75, 3.05) is 12.8 Å². The Hall–Kier alpha value is -0.740. The van der Waals surface area contributed by atoms with Gasteiger partial charge in [0.2, 0.25) is 0 Å². The second kappa shape index (κ2) is 6.76. The summed E-state index contributed by atoms with van der Waals surface area (Å²) >= 11 is 7.49. The van der Waals surface area contributed by atoms with Crippen molar-refractivity contribution in [1.82, 2.24) is 10.3 Å². The van der Waals surface area contributed by atoms with Crippen LogP contribution in [0.1, 0.15) is 23.8 Å². The average molecular weight is 259 g/mol. The maximum Gasteiger partial charge on any atom is 0.269 e. The molecule has 1 aromatic rings. The first-order valence-electron chi connectivity index (χ1n) is 5.07. The van der Waals surface area contributed by atoms with Crippen LogP contribution >= 0.6 is 23.4 Å². The van der Waals surface area contributed by atoms with E-state index in [1.165, 1.54) is 0 Å². The van der Waals surface area contributed by atoms with E-state index >= 15 is 0 Å². The van der Waals surface area contributed by atoms with Gasteiger partial charge in [-0.1, -0.05) is 24.6 Å². The molecule has 1 unspecified atom stereocenters. The summed E-state index contributed by atoms with van der Waals surface area (Å²) in [6.07, 6.45) is 3.01. The Morgan fingerprint density at radius 3 is 3.00 bits per heavy atom. The van der Waals surface area contributed by atoms with E-state index in [1.54, 1.807) is 30.0 Å². The molecule has 0 radical (unpaired) electrons. The Bertz CT molecular complexity index is 360. The molecule has 88 valence electrons. The highest BCUT2D eigenvalue weighted by Crippen LogP contribution is 2.08. The fourth-order valence-electron chi connectivity index (χ4n) is 1.13. The lowest BCUT2D eigenvalue weighted by molar-refractivity contribution is 0.0948. The summed E-state index contributed by atoms with van der Waals surface area (Å²) in [5, 5.41) is 3.70. The first-order valence-corrected chi connectivity index (χ1v) is 6.73. The first kappa shape index (κ1) is 13.3. The molecular formula is C11H15ClN2OS. The molecule has 5 heteroatoms. The molecule has 1 rings (SSSR count). The number of rotatable bonds is 5. The maximum absolute atomic E-state index is 11.6. The molecule has 1 atom stereocenters. The molecule has 1 aromatic heterocycles. The standard InChI is InChI=1S/C11H15ClN2OS/c1-8(16-2)6-7-13-11(15)9-4-3-5-10(12)14-9/h3-5,8H,6-7H2,1-2H3,(H,13,15). The van der Waals surface area contributed by atoms with Crippen LogP contribution < -0.4 is 5.32 Å². The Morgan fingerprint density at radius 1 is 1.62 bits per heavy atom. The van der Waals surface area contributed by atoms with E-state index in [-0.39, 0.29) is 5.91 Å². The van der Waals surface area contributed by atoms with Crippen molar-refractivity contribution in [2.45, 2.75) is 18.6 Å². The predicted molar refractivity (Wildman–Crippen MR) is 69.2 cm³/mol. The summed E-state index contributed by atoms with van der Waals surface area (Å²) in [6, 6.07) is 5.02. The molecule has 1 heterocycles. The average Bonchev–Trinajstić information content (AvgIpc) is 2.28. The van der Waals surface area contributed by atoms with Gasteiger partial charge in [-0.05, 0) is 24.8 Å². The minimum absolute atomic E-state index is 0.171. The van der Waals surface area contributed by atoms with Gasteiger partial charge < -0.3 is 5.32 Å². The second-order valence-corrected chi connectivity index (χ2v) is 5.10. The zero-order valence-corrected chi connectivity index (χ0v) is 10.9. The minimum atomic E-state index is -0.171. The van der Waals surface area contributed by atoms with E-state index in [0.29, 0.717) is 22.6 Å². The van der Waals surface area contributed by atoms with Gasteiger partial charge in [0.25, 0.3) is 5.91 Å². The lowest BCUT2D eigenvalue weighted by Crippen LogP contribution is -2.26.